The van der Waals surface area contributed by atoms with Crippen LogP contribution in [0.1, 0.15) is 17.0 Å². The number of halogens is 1. The van der Waals surface area contributed by atoms with E-state index < -0.39 is 0 Å². The van der Waals surface area contributed by atoms with E-state index in [0.717, 1.165) is 28.5 Å². The van der Waals surface area contributed by atoms with E-state index in [2.05, 4.69) is 20.4 Å². The maximum absolute atomic E-state index is 5.86. The molecule has 0 saturated carbocycles. The molecule has 0 saturated heterocycles. The van der Waals surface area contributed by atoms with Crippen LogP contribution in [0.15, 0.2) is 42.7 Å². The Hall–Kier alpha value is -2.40. The molecule has 0 fully saturated rings. The molecule has 22 heavy (non-hydrogen) atoms. The number of hydrogen-bond donors (Lipinski definition) is 1. The van der Waals surface area contributed by atoms with Gasteiger partial charge in [0.25, 0.3) is 0 Å². The zero-order valence-corrected chi connectivity index (χ0v) is 13.2. The third-order valence-corrected chi connectivity index (χ3v) is 3.47. The summed E-state index contributed by atoms with van der Waals surface area (Å²) in [6, 6.07) is 9.71. The number of rotatable bonds is 4. The van der Waals surface area contributed by atoms with Crippen LogP contribution in [0.5, 0.6) is 0 Å². The van der Waals surface area contributed by atoms with E-state index in [4.69, 9.17) is 11.6 Å². The first kappa shape index (κ1) is 14.5. The summed E-state index contributed by atoms with van der Waals surface area (Å²) in [5.74, 6) is 0.821. The van der Waals surface area contributed by atoms with E-state index in [-0.39, 0.29) is 0 Å². The summed E-state index contributed by atoms with van der Waals surface area (Å²) >= 11 is 5.86. The van der Waals surface area contributed by atoms with E-state index in [1.54, 1.807) is 12.3 Å². The summed E-state index contributed by atoms with van der Waals surface area (Å²) in [4.78, 5) is 8.43. The van der Waals surface area contributed by atoms with Gasteiger partial charge in [0, 0.05) is 30.3 Å². The molecule has 0 aliphatic rings. The highest BCUT2D eigenvalue weighted by Crippen LogP contribution is 2.14. The van der Waals surface area contributed by atoms with Gasteiger partial charge in [-0.15, -0.1) is 0 Å². The van der Waals surface area contributed by atoms with Crippen molar-refractivity contribution < 1.29 is 0 Å². The van der Waals surface area contributed by atoms with Crippen LogP contribution < -0.4 is 5.32 Å². The van der Waals surface area contributed by atoms with Crippen molar-refractivity contribution in [3.8, 4) is 5.82 Å². The van der Waals surface area contributed by atoms with E-state index in [1.807, 2.05) is 49.0 Å². The highest BCUT2D eigenvalue weighted by atomic mass is 35.5. The van der Waals surface area contributed by atoms with Crippen molar-refractivity contribution in [2.24, 2.45) is 0 Å². The fourth-order valence-corrected chi connectivity index (χ4v) is 2.40. The monoisotopic (exact) mass is 313 g/mol. The topological polar surface area (TPSA) is 55.6 Å². The van der Waals surface area contributed by atoms with Crippen LogP contribution in [-0.2, 0) is 6.54 Å². The smallest absolute Gasteiger partial charge is 0.153 e. The van der Waals surface area contributed by atoms with Crippen LogP contribution in [0.3, 0.4) is 0 Å². The summed E-state index contributed by atoms with van der Waals surface area (Å²) in [5.41, 5.74) is 4.07. The van der Waals surface area contributed by atoms with Crippen molar-refractivity contribution in [1.82, 2.24) is 19.7 Å². The number of nitrogens with zero attached hydrogens (tertiary/aromatic N) is 4. The summed E-state index contributed by atoms with van der Waals surface area (Å²) in [7, 11) is 0. The molecular formula is C16H16ClN5. The molecule has 6 heteroatoms. The minimum atomic E-state index is 0.475. The van der Waals surface area contributed by atoms with E-state index in [0.29, 0.717) is 11.7 Å². The molecular weight excluding hydrogens is 298 g/mol. The van der Waals surface area contributed by atoms with Crippen molar-refractivity contribution in [3.63, 3.8) is 0 Å². The Morgan fingerprint density at radius 2 is 2.00 bits per heavy atom. The second-order valence-corrected chi connectivity index (χ2v) is 5.47. The predicted octanol–water partition coefficient (Wildman–Crippen LogP) is 3.54. The first-order valence-electron chi connectivity index (χ1n) is 6.96. The second-order valence-electron chi connectivity index (χ2n) is 5.08. The molecule has 3 aromatic heterocycles. The van der Waals surface area contributed by atoms with Gasteiger partial charge in [-0.2, -0.15) is 5.10 Å². The van der Waals surface area contributed by atoms with Crippen molar-refractivity contribution in [1.29, 1.82) is 0 Å². The Morgan fingerprint density at radius 1 is 1.14 bits per heavy atom. The maximum atomic E-state index is 5.86. The van der Waals surface area contributed by atoms with Crippen LogP contribution in [0.25, 0.3) is 5.82 Å². The van der Waals surface area contributed by atoms with E-state index in [9.17, 15) is 0 Å². The average molecular weight is 314 g/mol. The SMILES string of the molecule is Cc1cc(C)n(-c2ccc(CNc3ccnc(Cl)c3)cn2)n1. The number of pyridine rings is 2. The molecule has 0 radical (unpaired) electrons. The molecule has 3 heterocycles. The normalized spacial score (nSPS) is 10.7. The Labute approximate surface area is 134 Å². The summed E-state index contributed by atoms with van der Waals surface area (Å²) < 4.78 is 1.84. The number of aromatic nitrogens is 4. The highest BCUT2D eigenvalue weighted by molar-refractivity contribution is 6.29. The molecule has 1 N–H and O–H groups in total. The lowest BCUT2D eigenvalue weighted by Crippen LogP contribution is -2.04. The zero-order chi connectivity index (χ0) is 15.5. The number of aryl methyl sites for hydroxylation is 2. The molecule has 0 amide bonds. The minimum Gasteiger partial charge on any atom is -0.381 e. The lowest BCUT2D eigenvalue weighted by Gasteiger charge is -2.08. The molecule has 5 nitrogen and oxygen atoms in total. The number of nitrogens with one attached hydrogen (secondary N) is 1. The van der Waals surface area contributed by atoms with E-state index >= 15 is 0 Å². The minimum absolute atomic E-state index is 0.475. The van der Waals surface area contributed by atoms with Crippen molar-refractivity contribution in [2.75, 3.05) is 5.32 Å². The average Bonchev–Trinajstić information content (AvgIpc) is 2.84. The van der Waals surface area contributed by atoms with Crippen molar-refractivity contribution in [3.05, 3.63) is 64.8 Å². The van der Waals surface area contributed by atoms with Crippen LogP contribution in [-0.4, -0.2) is 19.7 Å². The lowest BCUT2D eigenvalue weighted by atomic mass is 10.2. The molecule has 0 bridgehead atoms. The largest absolute Gasteiger partial charge is 0.381 e. The molecule has 112 valence electrons. The van der Waals surface area contributed by atoms with Gasteiger partial charge in [-0.05, 0) is 43.7 Å². The van der Waals surface area contributed by atoms with Gasteiger partial charge in [0.1, 0.15) is 5.15 Å². The van der Waals surface area contributed by atoms with Gasteiger partial charge in [0.05, 0.1) is 5.69 Å². The van der Waals surface area contributed by atoms with Crippen molar-refractivity contribution >= 4 is 17.3 Å². The fourth-order valence-electron chi connectivity index (χ4n) is 2.22. The summed E-state index contributed by atoms with van der Waals surface area (Å²) in [5, 5.41) is 8.19. The third-order valence-electron chi connectivity index (χ3n) is 3.26. The van der Waals surface area contributed by atoms with Gasteiger partial charge in [0.2, 0.25) is 0 Å². The fraction of sp³-hybridized carbons (Fsp3) is 0.188. The van der Waals surface area contributed by atoms with Crippen LogP contribution in [0.2, 0.25) is 5.15 Å². The quantitative estimate of drug-likeness (QED) is 0.748. The van der Waals surface area contributed by atoms with E-state index in [1.165, 1.54) is 0 Å². The molecule has 3 rings (SSSR count). The van der Waals surface area contributed by atoms with Crippen LogP contribution in [0.4, 0.5) is 5.69 Å². The first-order valence-corrected chi connectivity index (χ1v) is 7.33. The number of hydrogen-bond acceptors (Lipinski definition) is 4. The van der Waals surface area contributed by atoms with Gasteiger partial charge in [-0.1, -0.05) is 17.7 Å². The standard InChI is InChI=1S/C16H16ClN5/c1-11-7-12(2)22(21-11)16-4-3-13(10-20-16)9-19-14-5-6-18-15(17)8-14/h3-8,10H,9H2,1-2H3,(H,18,19). The molecule has 0 atom stereocenters. The summed E-state index contributed by atoms with van der Waals surface area (Å²) in [6.45, 7) is 4.66. The van der Waals surface area contributed by atoms with Gasteiger partial charge < -0.3 is 5.32 Å². The first-order chi connectivity index (χ1) is 10.6. The zero-order valence-electron chi connectivity index (χ0n) is 12.4. The van der Waals surface area contributed by atoms with Gasteiger partial charge >= 0.3 is 0 Å². The molecule has 0 aliphatic carbocycles. The predicted molar refractivity (Wildman–Crippen MR) is 87.4 cm³/mol. The molecule has 3 aromatic rings. The molecule has 0 aliphatic heterocycles. The van der Waals surface area contributed by atoms with Gasteiger partial charge in [-0.3, -0.25) is 0 Å². The number of anilines is 1. The Balaban J connectivity index is 1.70. The molecule has 0 spiro atoms. The van der Waals surface area contributed by atoms with Crippen LogP contribution >= 0.6 is 11.6 Å². The Kier molecular flexibility index (Phi) is 4.06. The van der Waals surface area contributed by atoms with Gasteiger partial charge in [0.15, 0.2) is 5.82 Å². The highest BCUT2D eigenvalue weighted by Gasteiger charge is 2.05. The lowest BCUT2D eigenvalue weighted by molar-refractivity contribution is 0.804. The third kappa shape index (κ3) is 3.26. The molecule has 0 aromatic carbocycles. The van der Waals surface area contributed by atoms with Crippen molar-refractivity contribution in [2.45, 2.75) is 20.4 Å². The Morgan fingerprint density at radius 3 is 2.64 bits per heavy atom. The summed E-state index contributed by atoms with van der Waals surface area (Å²) in [6.07, 6.45) is 3.52. The second kappa shape index (κ2) is 6.15. The van der Waals surface area contributed by atoms with Crippen LogP contribution in [0, 0.1) is 13.8 Å². The molecule has 0 unspecified atom stereocenters. The maximum Gasteiger partial charge on any atom is 0.153 e. The Bertz CT molecular complexity index is 779. The van der Waals surface area contributed by atoms with Gasteiger partial charge in [-0.25, -0.2) is 14.6 Å².